The van der Waals surface area contributed by atoms with E-state index in [-0.39, 0.29) is 23.4 Å². The molecular weight excluding hydrogens is 359 g/mol. The Balaban J connectivity index is 1.92. The van der Waals surface area contributed by atoms with Crippen LogP contribution < -0.4 is 10.6 Å². The molecule has 1 aliphatic heterocycles. The first-order valence-corrected chi connectivity index (χ1v) is 9.53. The molecule has 0 bridgehead atoms. The second-order valence-corrected chi connectivity index (χ2v) is 6.96. The SMILES string of the molecule is CC(=O)Nc1ccc(F)c(C(=O)N(Cc2ccccn2)C2CCCNCC2)c1. The molecule has 0 aliphatic carbocycles. The molecule has 1 aromatic heterocycles. The van der Waals surface area contributed by atoms with Crippen molar-refractivity contribution in [1.29, 1.82) is 0 Å². The molecule has 28 heavy (non-hydrogen) atoms. The average molecular weight is 384 g/mol. The molecule has 1 fully saturated rings. The molecule has 6 nitrogen and oxygen atoms in total. The van der Waals surface area contributed by atoms with Crippen LogP contribution in [0.1, 0.15) is 42.2 Å². The number of hydrogen-bond donors (Lipinski definition) is 2. The predicted molar refractivity (Wildman–Crippen MR) is 105 cm³/mol. The Hall–Kier alpha value is -2.80. The minimum atomic E-state index is -0.600. The summed E-state index contributed by atoms with van der Waals surface area (Å²) in [6.07, 6.45) is 4.28. The van der Waals surface area contributed by atoms with Crippen LogP contribution in [0.2, 0.25) is 0 Å². The fourth-order valence-corrected chi connectivity index (χ4v) is 3.47. The van der Waals surface area contributed by atoms with Gasteiger partial charge in [0, 0.05) is 24.8 Å². The molecule has 2 heterocycles. The number of nitrogens with zero attached hydrogens (tertiary/aromatic N) is 2. The summed E-state index contributed by atoms with van der Waals surface area (Å²) >= 11 is 0. The zero-order valence-corrected chi connectivity index (χ0v) is 16.0. The molecule has 0 saturated carbocycles. The summed E-state index contributed by atoms with van der Waals surface area (Å²) in [5.74, 6) is -1.26. The second-order valence-electron chi connectivity index (χ2n) is 6.96. The Morgan fingerprint density at radius 2 is 2.11 bits per heavy atom. The number of rotatable bonds is 5. The highest BCUT2D eigenvalue weighted by Gasteiger charge is 2.28. The number of nitrogens with one attached hydrogen (secondary N) is 2. The summed E-state index contributed by atoms with van der Waals surface area (Å²) in [7, 11) is 0. The Bertz CT molecular complexity index is 820. The summed E-state index contributed by atoms with van der Waals surface area (Å²) < 4.78 is 14.5. The van der Waals surface area contributed by atoms with Crippen LogP contribution in [0.3, 0.4) is 0 Å². The first-order valence-electron chi connectivity index (χ1n) is 9.53. The van der Waals surface area contributed by atoms with E-state index in [9.17, 15) is 14.0 Å². The van der Waals surface area contributed by atoms with Crippen molar-refractivity contribution < 1.29 is 14.0 Å². The lowest BCUT2D eigenvalue weighted by molar-refractivity contribution is -0.114. The van der Waals surface area contributed by atoms with E-state index in [4.69, 9.17) is 0 Å². The quantitative estimate of drug-likeness (QED) is 0.831. The van der Waals surface area contributed by atoms with Crippen molar-refractivity contribution in [2.75, 3.05) is 18.4 Å². The minimum absolute atomic E-state index is 0.00618. The highest BCUT2D eigenvalue weighted by molar-refractivity contribution is 5.97. The lowest BCUT2D eigenvalue weighted by atomic mass is 10.0. The van der Waals surface area contributed by atoms with Crippen LogP contribution in [0.4, 0.5) is 10.1 Å². The van der Waals surface area contributed by atoms with Crippen molar-refractivity contribution in [3.63, 3.8) is 0 Å². The summed E-state index contributed by atoms with van der Waals surface area (Å²) in [4.78, 5) is 30.7. The molecule has 0 spiro atoms. The topological polar surface area (TPSA) is 74.3 Å². The maximum absolute atomic E-state index is 14.5. The van der Waals surface area contributed by atoms with Crippen LogP contribution in [0.5, 0.6) is 0 Å². The van der Waals surface area contributed by atoms with Gasteiger partial charge < -0.3 is 15.5 Å². The number of pyridine rings is 1. The average Bonchev–Trinajstić information content (AvgIpc) is 2.97. The van der Waals surface area contributed by atoms with E-state index in [1.54, 1.807) is 11.1 Å². The van der Waals surface area contributed by atoms with Gasteiger partial charge in [-0.3, -0.25) is 14.6 Å². The molecule has 1 aliphatic rings. The molecule has 148 valence electrons. The first kappa shape index (κ1) is 19.9. The highest BCUT2D eigenvalue weighted by Crippen LogP contribution is 2.23. The number of hydrogen-bond acceptors (Lipinski definition) is 4. The molecule has 2 aromatic rings. The number of carbonyl (C=O) groups is 2. The van der Waals surface area contributed by atoms with Gasteiger partial charge in [-0.05, 0) is 62.7 Å². The van der Waals surface area contributed by atoms with E-state index in [1.807, 2.05) is 18.2 Å². The van der Waals surface area contributed by atoms with E-state index < -0.39 is 5.82 Å². The molecule has 2 N–H and O–H groups in total. The molecule has 1 saturated heterocycles. The van der Waals surface area contributed by atoms with Crippen molar-refractivity contribution >= 4 is 17.5 Å². The van der Waals surface area contributed by atoms with Gasteiger partial charge in [0.1, 0.15) is 5.82 Å². The fourth-order valence-electron chi connectivity index (χ4n) is 3.47. The lowest BCUT2D eigenvalue weighted by Crippen LogP contribution is -2.41. The number of halogens is 1. The molecule has 0 radical (unpaired) electrons. The first-order chi connectivity index (χ1) is 13.5. The minimum Gasteiger partial charge on any atom is -0.330 e. The smallest absolute Gasteiger partial charge is 0.257 e. The molecule has 3 rings (SSSR count). The van der Waals surface area contributed by atoms with Crippen molar-refractivity contribution in [3.8, 4) is 0 Å². The molecule has 1 atom stereocenters. The van der Waals surface area contributed by atoms with Crippen LogP contribution >= 0.6 is 0 Å². The third-order valence-electron chi connectivity index (χ3n) is 4.82. The third kappa shape index (κ3) is 5.13. The van der Waals surface area contributed by atoms with E-state index in [1.165, 1.54) is 25.1 Å². The molecule has 2 amide bonds. The van der Waals surface area contributed by atoms with Gasteiger partial charge in [-0.25, -0.2) is 4.39 Å². The second kappa shape index (κ2) is 9.41. The van der Waals surface area contributed by atoms with Gasteiger partial charge in [0.25, 0.3) is 5.91 Å². The largest absolute Gasteiger partial charge is 0.330 e. The van der Waals surface area contributed by atoms with E-state index >= 15 is 0 Å². The lowest BCUT2D eigenvalue weighted by Gasteiger charge is -2.31. The van der Waals surface area contributed by atoms with Crippen LogP contribution in [-0.2, 0) is 11.3 Å². The van der Waals surface area contributed by atoms with Crippen molar-refractivity contribution in [2.24, 2.45) is 0 Å². The van der Waals surface area contributed by atoms with Gasteiger partial charge in [-0.15, -0.1) is 0 Å². The number of anilines is 1. The van der Waals surface area contributed by atoms with Gasteiger partial charge in [0.2, 0.25) is 5.91 Å². The highest BCUT2D eigenvalue weighted by atomic mass is 19.1. The van der Waals surface area contributed by atoms with Crippen LogP contribution in [-0.4, -0.2) is 40.8 Å². The number of carbonyl (C=O) groups excluding carboxylic acids is 2. The maximum Gasteiger partial charge on any atom is 0.257 e. The maximum atomic E-state index is 14.5. The third-order valence-corrected chi connectivity index (χ3v) is 4.82. The fraction of sp³-hybridized carbons (Fsp3) is 0.381. The molecule has 1 aromatic carbocycles. The monoisotopic (exact) mass is 384 g/mol. The number of benzene rings is 1. The zero-order valence-electron chi connectivity index (χ0n) is 16.0. The van der Waals surface area contributed by atoms with Crippen LogP contribution in [0, 0.1) is 5.82 Å². The number of aromatic nitrogens is 1. The van der Waals surface area contributed by atoms with Gasteiger partial charge >= 0.3 is 0 Å². The molecular formula is C21H25FN4O2. The Morgan fingerprint density at radius 3 is 2.86 bits per heavy atom. The zero-order chi connectivity index (χ0) is 19.9. The summed E-state index contributed by atoms with van der Waals surface area (Å²) in [6.45, 7) is 3.41. The summed E-state index contributed by atoms with van der Waals surface area (Å²) in [5, 5.41) is 5.95. The standard InChI is InChI=1S/C21H25FN4O2/c1-15(27)25-16-7-8-20(22)19(13-16)21(28)26(14-17-5-2-3-11-24-17)18-6-4-10-23-12-9-18/h2-3,5,7-8,11,13,18,23H,4,6,9-10,12,14H2,1H3,(H,25,27). The summed E-state index contributed by atoms with van der Waals surface area (Å²) in [6, 6.07) is 9.62. The van der Waals surface area contributed by atoms with Crippen LogP contribution in [0.15, 0.2) is 42.6 Å². The Labute approximate surface area is 164 Å². The Morgan fingerprint density at radius 1 is 1.25 bits per heavy atom. The van der Waals surface area contributed by atoms with Crippen molar-refractivity contribution in [2.45, 2.75) is 38.8 Å². The summed E-state index contributed by atoms with van der Waals surface area (Å²) in [5.41, 5.74) is 1.11. The van der Waals surface area contributed by atoms with E-state index in [0.29, 0.717) is 12.2 Å². The van der Waals surface area contributed by atoms with Gasteiger partial charge in [-0.1, -0.05) is 6.07 Å². The predicted octanol–water partition coefficient (Wildman–Crippen LogP) is 2.96. The van der Waals surface area contributed by atoms with E-state index in [2.05, 4.69) is 15.6 Å². The normalized spacial score (nSPS) is 16.9. The number of amides is 2. The van der Waals surface area contributed by atoms with Gasteiger partial charge in [-0.2, -0.15) is 0 Å². The Kier molecular flexibility index (Phi) is 6.71. The van der Waals surface area contributed by atoms with Gasteiger partial charge in [0.05, 0.1) is 17.8 Å². The molecule has 7 heteroatoms. The molecule has 1 unspecified atom stereocenters. The van der Waals surface area contributed by atoms with Gasteiger partial charge in [0.15, 0.2) is 0 Å². The van der Waals surface area contributed by atoms with Crippen molar-refractivity contribution in [3.05, 3.63) is 59.7 Å². The van der Waals surface area contributed by atoms with E-state index in [0.717, 1.165) is 38.0 Å². The van der Waals surface area contributed by atoms with Crippen LogP contribution in [0.25, 0.3) is 0 Å². The van der Waals surface area contributed by atoms with Crippen molar-refractivity contribution in [1.82, 2.24) is 15.2 Å².